The number of carbonyl (C=O) groups excluding carboxylic acids is 1. The van der Waals surface area contributed by atoms with Crippen molar-refractivity contribution in [2.45, 2.75) is 19.5 Å². The van der Waals surface area contributed by atoms with E-state index in [4.69, 9.17) is 0 Å². The molecule has 0 saturated heterocycles. The summed E-state index contributed by atoms with van der Waals surface area (Å²) in [5.41, 5.74) is 1.25. The fraction of sp³-hybridized carbons (Fsp3) is 0.235. The van der Waals surface area contributed by atoms with Crippen LogP contribution in [0.25, 0.3) is 0 Å². The number of hydrogen-bond acceptors (Lipinski definition) is 2. The molecule has 0 radical (unpaired) electrons. The third-order valence-corrected chi connectivity index (χ3v) is 4.08. The van der Waals surface area contributed by atoms with Crippen LogP contribution in [0.4, 0.5) is 4.39 Å². The van der Waals surface area contributed by atoms with Crippen molar-refractivity contribution < 1.29 is 9.18 Å². The van der Waals surface area contributed by atoms with Gasteiger partial charge in [0.2, 0.25) is 0 Å². The van der Waals surface area contributed by atoms with Gasteiger partial charge in [-0.2, -0.15) is 0 Å². The van der Waals surface area contributed by atoms with Crippen molar-refractivity contribution in [1.82, 2.24) is 4.90 Å². The lowest BCUT2D eigenvalue weighted by Gasteiger charge is -2.24. The van der Waals surface area contributed by atoms with Crippen LogP contribution in [-0.2, 0) is 6.54 Å². The van der Waals surface area contributed by atoms with E-state index in [0.29, 0.717) is 17.7 Å². The van der Waals surface area contributed by atoms with Crippen molar-refractivity contribution >= 4 is 21.7 Å². The highest BCUT2D eigenvalue weighted by Gasteiger charge is 2.20. The second-order valence-electron chi connectivity index (χ2n) is 5.05. The largest absolute Gasteiger partial charge is 0.292 e. The van der Waals surface area contributed by atoms with Crippen molar-refractivity contribution in [2.75, 3.05) is 7.05 Å². The van der Waals surface area contributed by atoms with E-state index in [-0.39, 0.29) is 17.6 Å². The first kappa shape index (κ1) is 15.9. The summed E-state index contributed by atoms with van der Waals surface area (Å²) in [7, 11) is 1.83. The first-order valence-corrected chi connectivity index (χ1v) is 7.52. The number of nitrogens with zero attached hydrogens (tertiary/aromatic N) is 1. The molecule has 2 rings (SSSR count). The predicted octanol–water partition coefficient (Wildman–Crippen LogP) is 4.29. The number of benzene rings is 2. The van der Waals surface area contributed by atoms with E-state index < -0.39 is 0 Å². The highest BCUT2D eigenvalue weighted by molar-refractivity contribution is 9.10. The molecule has 2 aromatic carbocycles. The molecule has 4 heteroatoms. The quantitative estimate of drug-likeness (QED) is 0.750. The number of Topliss-reactive ketones (excluding diaryl/α,β-unsaturated/α-hetero) is 1. The lowest BCUT2D eigenvalue weighted by Crippen LogP contribution is -2.35. The maximum Gasteiger partial charge on any atom is 0.179 e. The van der Waals surface area contributed by atoms with Gasteiger partial charge in [0.25, 0.3) is 0 Å². The molecule has 0 heterocycles. The fourth-order valence-electron chi connectivity index (χ4n) is 2.09. The van der Waals surface area contributed by atoms with Crippen LogP contribution in [0.2, 0.25) is 0 Å². The second-order valence-corrected chi connectivity index (χ2v) is 5.97. The normalized spacial score (nSPS) is 12.4. The molecule has 0 amide bonds. The molecule has 1 unspecified atom stereocenters. The van der Waals surface area contributed by atoms with Crippen LogP contribution in [-0.4, -0.2) is 23.8 Å². The van der Waals surface area contributed by atoms with Crippen LogP contribution < -0.4 is 0 Å². The molecule has 0 aliphatic rings. The Balaban J connectivity index is 2.08. The molecule has 2 nitrogen and oxygen atoms in total. The maximum absolute atomic E-state index is 13.7. The minimum Gasteiger partial charge on any atom is -0.292 e. The number of carbonyl (C=O) groups is 1. The molecule has 0 fully saturated rings. The first-order valence-electron chi connectivity index (χ1n) is 6.72. The molecule has 2 aromatic rings. The number of ketones is 1. The lowest BCUT2D eigenvalue weighted by atomic mass is 10.0. The molecule has 21 heavy (non-hydrogen) atoms. The van der Waals surface area contributed by atoms with E-state index in [9.17, 15) is 9.18 Å². The Morgan fingerprint density at radius 2 is 1.81 bits per heavy atom. The van der Waals surface area contributed by atoms with Crippen LogP contribution in [0.5, 0.6) is 0 Å². The molecular weight excluding hydrogens is 333 g/mol. The van der Waals surface area contributed by atoms with Gasteiger partial charge in [-0.25, -0.2) is 4.39 Å². The summed E-state index contributed by atoms with van der Waals surface area (Å²) in [6.45, 7) is 2.24. The zero-order chi connectivity index (χ0) is 15.4. The summed E-state index contributed by atoms with van der Waals surface area (Å²) in [6.07, 6.45) is 0. The summed E-state index contributed by atoms with van der Waals surface area (Å²) in [5.74, 6) is -0.214. The molecule has 0 bridgehead atoms. The Morgan fingerprint density at radius 3 is 2.43 bits per heavy atom. The highest BCUT2D eigenvalue weighted by Crippen LogP contribution is 2.16. The average Bonchev–Trinajstić information content (AvgIpc) is 2.49. The van der Waals surface area contributed by atoms with Crippen LogP contribution in [0.15, 0.2) is 53.0 Å². The van der Waals surface area contributed by atoms with Gasteiger partial charge in [0, 0.05) is 22.1 Å². The Kier molecular flexibility index (Phi) is 5.26. The SMILES string of the molecule is CC(C(=O)c1ccc(Br)cc1)N(C)Cc1ccccc1F. The van der Waals surface area contributed by atoms with Gasteiger partial charge in [-0.3, -0.25) is 9.69 Å². The lowest BCUT2D eigenvalue weighted by molar-refractivity contribution is 0.0861. The van der Waals surface area contributed by atoms with Crippen molar-refractivity contribution in [3.63, 3.8) is 0 Å². The predicted molar refractivity (Wildman–Crippen MR) is 85.8 cm³/mol. The molecule has 0 spiro atoms. The zero-order valence-corrected chi connectivity index (χ0v) is 13.6. The fourth-order valence-corrected chi connectivity index (χ4v) is 2.35. The maximum atomic E-state index is 13.7. The summed E-state index contributed by atoms with van der Waals surface area (Å²) >= 11 is 3.35. The van der Waals surface area contributed by atoms with Crippen molar-refractivity contribution in [3.8, 4) is 0 Å². The van der Waals surface area contributed by atoms with Crippen LogP contribution in [0, 0.1) is 5.82 Å². The second kappa shape index (κ2) is 6.96. The molecule has 0 aliphatic carbocycles. The van der Waals surface area contributed by atoms with Gasteiger partial charge in [0.15, 0.2) is 5.78 Å². The van der Waals surface area contributed by atoms with E-state index in [1.807, 2.05) is 31.0 Å². The zero-order valence-electron chi connectivity index (χ0n) is 12.0. The van der Waals surface area contributed by atoms with Crippen LogP contribution >= 0.6 is 15.9 Å². The summed E-state index contributed by atoms with van der Waals surface area (Å²) in [4.78, 5) is 14.3. The number of rotatable bonds is 5. The summed E-state index contributed by atoms with van der Waals surface area (Å²) < 4.78 is 14.6. The number of hydrogen-bond donors (Lipinski definition) is 0. The Hall–Kier alpha value is -1.52. The van der Waals surface area contributed by atoms with E-state index in [2.05, 4.69) is 15.9 Å². The van der Waals surface area contributed by atoms with Gasteiger partial charge >= 0.3 is 0 Å². The van der Waals surface area contributed by atoms with Gasteiger partial charge < -0.3 is 0 Å². The highest BCUT2D eigenvalue weighted by atomic mass is 79.9. The van der Waals surface area contributed by atoms with Gasteiger partial charge in [-0.1, -0.05) is 46.3 Å². The summed E-state index contributed by atoms with van der Waals surface area (Å²) in [5, 5.41) is 0. The average molecular weight is 350 g/mol. The van der Waals surface area contributed by atoms with Gasteiger partial charge in [0.05, 0.1) is 6.04 Å². The molecule has 0 aliphatic heterocycles. The molecule has 0 aromatic heterocycles. The third kappa shape index (κ3) is 3.99. The van der Waals surface area contributed by atoms with Gasteiger partial charge in [0.1, 0.15) is 5.82 Å². The van der Waals surface area contributed by atoms with E-state index in [1.165, 1.54) is 6.07 Å². The van der Waals surface area contributed by atoms with Gasteiger partial charge in [-0.05, 0) is 32.2 Å². The first-order chi connectivity index (χ1) is 9.99. The van der Waals surface area contributed by atoms with Crippen molar-refractivity contribution in [2.24, 2.45) is 0 Å². The van der Waals surface area contributed by atoms with Crippen molar-refractivity contribution in [3.05, 3.63) is 69.9 Å². The van der Waals surface area contributed by atoms with Gasteiger partial charge in [-0.15, -0.1) is 0 Å². The molecule has 0 N–H and O–H groups in total. The summed E-state index contributed by atoms with van der Waals surface area (Å²) in [6, 6.07) is 13.6. The topological polar surface area (TPSA) is 20.3 Å². The van der Waals surface area contributed by atoms with E-state index >= 15 is 0 Å². The molecule has 110 valence electrons. The minimum absolute atomic E-state index is 0.0290. The molecule has 0 saturated carbocycles. The Morgan fingerprint density at radius 1 is 1.19 bits per heavy atom. The minimum atomic E-state index is -0.314. The van der Waals surface area contributed by atoms with Crippen LogP contribution in [0.1, 0.15) is 22.8 Å². The standard InChI is InChI=1S/C17H17BrFNO/c1-12(17(21)13-7-9-15(18)10-8-13)20(2)11-14-5-3-4-6-16(14)19/h3-10,12H,11H2,1-2H3. The monoisotopic (exact) mass is 349 g/mol. The molecule has 1 atom stereocenters. The third-order valence-electron chi connectivity index (χ3n) is 3.55. The Labute approximate surface area is 132 Å². The molecular formula is C17H17BrFNO. The van der Waals surface area contributed by atoms with Crippen LogP contribution in [0.3, 0.4) is 0 Å². The van der Waals surface area contributed by atoms with E-state index in [0.717, 1.165) is 4.47 Å². The Bertz CT molecular complexity index is 627. The number of likely N-dealkylation sites (N-methyl/N-ethyl adjacent to an activating group) is 1. The smallest absolute Gasteiger partial charge is 0.179 e. The number of halogens is 2. The van der Waals surface area contributed by atoms with Crippen molar-refractivity contribution in [1.29, 1.82) is 0 Å². The van der Waals surface area contributed by atoms with E-state index in [1.54, 1.807) is 30.3 Å².